The molecule has 0 saturated carbocycles. The maximum atomic E-state index is 13.2. The fourth-order valence-electron chi connectivity index (χ4n) is 2.92. The van der Waals surface area contributed by atoms with Crippen molar-refractivity contribution < 1.29 is 74.6 Å². The lowest BCUT2D eigenvalue weighted by molar-refractivity contribution is -0.461. The number of unbranched alkanes of at least 4 members (excludes halogenated alkanes) is 8. The van der Waals surface area contributed by atoms with Crippen LogP contribution in [-0.4, -0.2) is 59.1 Å². The van der Waals surface area contributed by atoms with E-state index in [1.54, 1.807) is 0 Å². The zero-order chi connectivity index (χ0) is 32.5. The minimum atomic E-state index is -8.58. The van der Waals surface area contributed by atoms with Crippen molar-refractivity contribution in [2.45, 2.75) is 119 Å². The van der Waals surface area contributed by atoms with Crippen molar-refractivity contribution in [3.63, 3.8) is 0 Å². The Kier molecular flexibility index (Phi) is 15.9. The van der Waals surface area contributed by atoms with Crippen molar-refractivity contribution in [2.75, 3.05) is 11.5 Å². The van der Waals surface area contributed by atoms with Crippen LogP contribution in [0.1, 0.15) is 71.1 Å². The summed E-state index contributed by atoms with van der Waals surface area (Å²) in [5, 5.41) is 0. The molecular formula is C21H29F17S2. The summed E-state index contributed by atoms with van der Waals surface area (Å²) in [5.74, 6) is -56.3. The molecule has 0 radical (unpaired) electrons. The predicted octanol–water partition coefficient (Wildman–Crippen LogP) is 10.8. The van der Waals surface area contributed by atoms with Crippen LogP contribution in [0.3, 0.4) is 0 Å². The lowest BCUT2D eigenvalue weighted by Gasteiger charge is -2.42. The van der Waals surface area contributed by atoms with Crippen LogP contribution in [0.15, 0.2) is 0 Å². The van der Waals surface area contributed by atoms with E-state index >= 15 is 0 Å². The number of hydrogen-bond donors (Lipinski definition) is 2. The first-order chi connectivity index (χ1) is 17.7. The lowest BCUT2D eigenvalue weighted by atomic mass is 9.88. The Morgan fingerprint density at radius 3 is 0.975 bits per heavy atom. The van der Waals surface area contributed by atoms with Gasteiger partial charge < -0.3 is 0 Å². The summed E-state index contributed by atoms with van der Waals surface area (Å²) in [6.45, 7) is 2.27. The molecule has 0 amide bonds. The molecule has 0 atom stereocenters. The van der Waals surface area contributed by atoms with E-state index in [2.05, 4.69) is 32.2 Å². The molecule has 0 aliphatic heterocycles. The van der Waals surface area contributed by atoms with Crippen LogP contribution >= 0.6 is 25.3 Å². The third kappa shape index (κ3) is 8.77. The average Bonchev–Trinajstić information content (AvgIpc) is 2.79. The van der Waals surface area contributed by atoms with Gasteiger partial charge >= 0.3 is 47.6 Å². The van der Waals surface area contributed by atoms with Crippen LogP contribution in [0.5, 0.6) is 0 Å². The van der Waals surface area contributed by atoms with Crippen LogP contribution in [0, 0.1) is 0 Å². The minimum Gasteiger partial charge on any atom is -0.200 e. The Balaban J connectivity index is 0. The maximum Gasteiger partial charge on any atom is 0.460 e. The first-order valence-electron chi connectivity index (χ1n) is 11.7. The van der Waals surface area contributed by atoms with Crippen molar-refractivity contribution >= 4 is 25.3 Å². The second kappa shape index (κ2) is 15.3. The van der Waals surface area contributed by atoms with Crippen LogP contribution < -0.4 is 0 Å². The van der Waals surface area contributed by atoms with Gasteiger partial charge in [-0.2, -0.15) is 99.9 Å². The van der Waals surface area contributed by atoms with Gasteiger partial charge in [-0.05, 0) is 17.9 Å². The van der Waals surface area contributed by atoms with E-state index in [-0.39, 0.29) is 0 Å². The second-order valence-corrected chi connectivity index (χ2v) is 9.57. The van der Waals surface area contributed by atoms with Crippen LogP contribution in [0.25, 0.3) is 0 Å². The van der Waals surface area contributed by atoms with Gasteiger partial charge in [0, 0.05) is 6.42 Å². The van der Waals surface area contributed by atoms with E-state index in [1.807, 2.05) is 0 Å². The Labute approximate surface area is 230 Å². The number of hydrogen-bond acceptors (Lipinski definition) is 2. The van der Waals surface area contributed by atoms with Crippen LogP contribution in [-0.2, 0) is 0 Å². The summed E-state index contributed by atoms with van der Waals surface area (Å²) in [5.41, 5.74) is 0. The number of halogens is 17. The van der Waals surface area contributed by atoms with Crippen LogP contribution in [0.4, 0.5) is 74.6 Å². The third-order valence-corrected chi connectivity index (χ3v) is 6.01. The minimum absolute atomic E-state index is 1.07. The van der Waals surface area contributed by atoms with Gasteiger partial charge in [0.15, 0.2) is 0 Å². The van der Waals surface area contributed by atoms with E-state index in [0.717, 1.165) is 5.75 Å². The molecule has 0 N–H and O–H groups in total. The normalized spacial score (nSPS) is 14.7. The molecule has 0 spiro atoms. The first kappa shape index (κ1) is 41.6. The quantitative estimate of drug-likeness (QED) is 0.0861. The maximum absolute atomic E-state index is 13.2. The number of rotatable bonds is 17. The predicted molar refractivity (Wildman–Crippen MR) is 120 cm³/mol. The third-order valence-electron chi connectivity index (χ3n) is 5.47. The molecule has 0 aliphatic carbocycles. The fourth-order valence-corrected chi connectivity index (χ4v) is 3.42. The summed E-state index contributed by atoms with van der Waals surface area (Å²) in [6, 6.07) is 0. The van der Waals surface area contributed by atoms with Gasteiger partial charge in [0.05, 0.1) is 0 Å². The molecule has 0 aromatic rings. The SMILES string of the molecule is CCCCCCCCCCCS.FC(F)(F)C(F)(F)C(F)(F)C(F)(F)C(F)(F)C(F)(F)C(F)(F)C(F)(F)CCS. The molecule has 244 valence electrons. The van der Waals surface area contributed by atoms with E-state index in [1.165, 1.54) is 57.8 Å². The molecule has 40 heavy (non-hydrogen) atoms. The van der Waals surface area contributed by atoms with E-state index in [0.29, 0.717) is 0 Å². The topological polar surface area (TPSA) is 0 Å². The van der Waals surface area contributed by atoms with Crippen molar-refractivity contribution in [1.29, 1.82) is 0 Å². The van der Waals surface area contributed by atoms with Crippen molar-refractivity contribution in [2.24, 2.45) is 0 Å². The summed E-state index contributed by atoms with van der Waals surface area (Å²) in [6.07, 6.45) is 2.43. The van der Waals surface area contributed by atoms with Crippen molar-refractivity contribution in [3.8, 4) is 0 Å². The van der Waals surface area contributed by atoms with E-state index in [9.17, 15) is 74.6 Å². The summed E-state index contributed by atoms with van der Waals surface area (Å²) in [7, 11) is 0. The zero-order valence-electron chi connectivity index (χ0n) is 20.8. The van der Waals surface area contributed by atoms with E-state index in [4.69, 9.17) is 0 Å². The second-order valence-electron chi connectivity index (χ2n) is 8.67. The Morgan fingerprint density at radius 1 is 0.375 bits per heavy atom. The fraction of sp³-hybridized carbons (Fsp3) is 1.00. The molecule has 0 unspecified atom stereocenters. The zero-order valence-corrected chi connectivity index (χ0v) is 22.6. The van der Waals surface area contributed by atoms with Gasteiger partial charge in [-0.25, -0.2) is 0 Å². The van der Waals surface area contributed by atoms with E-state index < -0.39 is 59.8 Å². The first-order valence-corrected chi connectivity index (χ1v) is 12.9. The molecule has 0 aromatic heterocycles. The molecule has 0 bridgehead atoms. The molecule has 0 rings (SSSR count). The highest BCUT2D eigenvalue weighted by molar-refractivity contribution is 7.80. The molecule has 0 heterocycles. The largest absolute Gasteiger partial charge is 0.460 e. The van der Waals surface area contributed by atoms with Gasteiger partial charge in [-0.15, -0.1) is 0 Å². The Bertz CT molecular complexity index is 710. The van der Waals surface area contributed by atoms with Gasteiger partial charge in [-0.1, -0.05) is 58.3 Å². The monoisotopic (exact) mass is 668 g/mol. The average molecular weight is 669 g/mol. The molecule has 0 nitrogen and oxygen atoms in total. The number of thiol groups is 2. The lowest BCUT2D eigenvalue weighted by Crippen LogP contribution is -2.74. The van der Waals surface area contributed by atoms with Gasteiger partial charge in [-0.3, -0.25) is 0 Å². The summed E-state index contributed by atoms with van der Waals surface area (Å²) >= 11 is 7.04. The highest BCUT2D eigenvalue weighted by atomic mass is 32.1. The molecule has 0 saturated heterocycles. The number of alkyl halides is 17. The van der Waals surface area contributed by atoms with Gasteiger partial charge in [0.1, 0.15) is 0 Å². The summed E-state index contributed by atoms with van der Waals surface area (Å²) in [4.78, 5) is 0. The molecule has 0 aliphatic rings. The smallest absolute Gasteiger partial charge is 0.200 e. The van der Waals surface area contributed by atoms with Crippen molar-refractivity contribution in [3.05, 3.63) is 0 Å². The molecule has 0 fully saturated rings. The Hall–Kier alpha value is -0.490. The molecule has 0 aromatic carbocycles. The van der Waals surface area contributed by atoms with Gasteiger partial charge in [0.25, 0.3) is 0 Å². The molecular weight excluding hydrogens is 639 g/mol. The van der Waals surface area contributed by atoms with Gasteiger partial charge in [0.2, 0.25) is 0 Å². The highest BCUT2D eigenvalue weighted by Gasteiger charge is 2.95. The van der Waals surface area contributed by atoms with Crippen LogP contribution in [0.2, 0.25) is 0 Å². The standard InChI is InChI=1S/C11H24S.C10H5F17S/c1-2-3-4-5-6-7-8-9-10-11-12;11-3(12,1-2-28)4(13,14)5(15,16)6(17,18)7(19,20)8(21,22)9(23,24)10(25,26)27/h12H,2-11H2,1H3;28H,1-2H2. The Morgan fingerprint density at radius 2 is 0.675 bits per heavy atom. The molecule has 19 heteroatoms. The van der Waals surface area contributed by atoms with Crippen molar-refractivity contribution in [1.82, 2.24) is 0 Å². The highest BCUT2D eigenvalue weighted by Crippen LogP contribution is 2.64. The summed E-state index contributed by atoms with van der Waals surface area (Å²) < 4.78 is 217.